The van der Waals surface area contributed by atoms with Crippen molar-refractivity contribution in [2.24, 2.45) is 5.92 Å². The van der Waals surface area contributed by atoms with E-state index in [-0.39, 0.29) is 0 Å². The molecule has 90 valence electrons. The van der Waals surface area contributed by atoms with E-state index in [1.54, 1.807) is 0 Å². The Hall–Kier alpha value is -0.160. The molecule has 0 atom stereocenters. The number of hydrogen-bond acceptors (Lipinski definition) is 4. The maximum atomic E-state index is 2.40. The first kappa shape index (κ1) is 12.9. The quantitative estimate of drug-likeness (QED) is 0.572. The average Bonchev–Trinajstić information content (AvgIpc) is 1.98. The third-order valence-electron chi connectivity index (χ3n) is 2.70. The van der Waals surface area contributed by atoms with Gasteiger partial charge < -0.3 is 0 Å². The van der Waals surface area contributed by atoms with Crippen molar-refractivity contribution in [2.45, 2.75) is 6.92 Å². The summed E-state index contributed by atoms with van der Waals surface area (Å²) in [6.45, 7) is 7.82. The molecule has 15 heavy (non-hydrogen) atoms. The number of hydrogen-bond donors (Lipinski definition) is 0. The Labute approximate surface area is 94.4 Å². The molecule has 1 saturated heterocycles. The molecule has 1 fully saturated rings. The molecule has 0 aromatic carbocycles. The summed E-state index contributed by atoms with van der Waals surface area (Å²) < 4.78 is 0. The summed E-state index contributed by atoms with van der Waals surface area (Å²) in [5, 5.41) is 0. The monoisotopic (exact) mass is 214 g/mol. The Morgan fingerprint density at radius 3 is 1.40 bits per heavy atom. The summed E-state index contributed by atoms with van der Waals surface area (Å²) in [5.41, 5.74) is 0. The van der Waals surface area contributed by atoms with Gasteiger partial charge in [-0.25, -0.2) is 0 Å². The van der Waals surface area contributed by atoms with Crippen molar-refractivity contribution < 1.29 is 0 Å². The van der Waals surface area contributed by atoms with Crippen molar-refractivity contribution >= 4 is 0 Å². The first-order valence-electron chi connectivity index (χ1n) is 5.71. The summed E-state index contributed by atoms with van der Waals surface area (Å²) >= 11 is 0. The molecule has 0 spiro atoms. The molecule has 4 heteroatoms. The highest BCUT2D eigenvalue weighted by Gasteiger charge is 2.15. The minimum Gasteiger partial charge on any atom is -0.293 e. The van der Waals surface area contributed by atoms with Crippen LogP contribution in [-0.2, 0) is 0 Å². The molecule has 1 aliphatic rings. The molecule has 0 aliphatic carbocycles. The molecule has 0 N–H and O–H groups in total. The predicted molar refractivity (Wildman–Crippen MR) is 64.6 cm³/mol. The fourth-order valence-corrected chi connectivity index (χ4v) is 2.56. The number of rotatable bonds is 0. The standard InChI is InChI=1S/C11H26N4/c1-11-6-12(2)8-14(4)10-15(5)9-13(3)7-11/h11H,6-10H2,1-5H3. The maximum Gasteiger partial charge on any atom is 0.0523 e. The summed E-state index contributed by atoms with van der Waals surface area (Å²) in [6, 6.07) is 0. The van der Waals surface area contributed by atoms with Crippen LogP contribution < -0.4 is 0 Å². The van der Waals surface area contributed by atoms with Gasteiger partial charge in [0.2, 0.25) is 0 Å². The van der Waals surface area contributed by atoms with Gasteiger partial charge in [0.25, 0.3) is 0 Å². The molecule has 0 saturated carbocycles. The molecule has 0 amide bonds. The smallest absolute Gasteiger partial charge is 0.0523 e. The molecule has 0 aromatic rings. The van der Waals surface area contributed by atoms with Crippen LogP contribution in [0.25, 0.3) is 0 Å². The minimum absolute atomic E-state index is 0.736. The van der Waals surface area contributed by atoms with Gasteiger partial charge in [-0.3, -0.25) is 19.6 Å². The summed E-state index contributed by atoms with van der Waals surface area (Å²) in [4.78, 5) is 9.51. The Kier molecular flexibility index (Phi) is 4.99. The highest BCUT2D eigenvalue weighted by Crippen LogP contribution is 2.04. The van der Waals surface area contributed by atoms with Crippen LogP contribution in [0.2, 0.25) is 0 Å². The van der Waals surface area contributed by atoms with Gasteiger partial charge in [-0.1, -0.05) is 6.92 Å². The SMILES string of the molecule is CC1CN(C)CN(C)CN(C)CN(C)C1. The van der Waals surface area contributed by atoms with E-state index in [9.17, 15) is 0 Å². The van der Waals surface area contributed by atoms with E-state index in [4.69, 9.17) is 0 Å². The molecule has 0 radical (unpaired) electrons. The van der Waals surface area contributed by atoms with Crippen LogP contribution in [0.1, 0.15) is 6.92 Å². The zero-order valence-electron chi connectivity index (χ0n) is 10.9. The van der Waals surface area contributed by atoms with Crippen molar-refractivity contribution in [2.75, 3.05) is 61.3 Å². The predicted octanol–water partition coefficient (Wildman–Crippen LogP) is 0.236. The van der Waals surface area contributed by atoms with Gasteiger partial charge in [0.1, 0.15) is 0 Å². The van der Waals surface area contributed by atoms with Gasteiger partial charge in [0.05, 0.1) is 20.0 Å². The van der Waals surface area contributed by atoms with Crippen molar-refractivity contribution in [1.29, 1.82) is 0 Å². The van der Waals surface area contributed by atoms with Crippen LogP contribution in [0.3, 0.4) is 0 Å². The zero-order chi connectivity index (χ0) is 11.4. The van der Waals surface area contributed by atoms with Gasteiger partial charge in [-0.15, -0.1) is 0 Å². The van der Waals surface area contributed by atoms with Crippen LogP contribution >= 0.6 is 0 Å². The van der Waals surface area contributed by atoms with Crippen LogP contribution in [0.15, 0.2) is 0 Å². The van der Waals surface area contributed by atoms with Gasteiger partial charge in [-0.05, 0) is 34.1 Å². The van der Waals surface area contributed by atoms with Crippen molar-refractivity contribution in [1.82, 2.24) is 19.6 Å². The molecule has 0 bridgehead atoms. The van der Waals surface area contributed by atoms with E-state index >= 15 is 0 Å². The normalized spacial score (nSPS) is 27.0. The fourth-order valence-electron chi connectivity index (χ4n) is 2.56. The van der Waals surface area contributed by atoms with Crippen LogP contribution in [0, 0.1) is 5.92 Å². The van der Waals surface area contributed by atoms with Gasteiger partial charge in [-0.2, -0.15) is 0 Å². The fraction of sp³-hybridized carbons (Fsp3) is 1.00. The Morgan fingerprint density at radius 2 is 1.00 bits per heavy atom. The summed E-state index contributed by atoms with van der Waals surface area (Å²) in [5.74, 6) is 0.736. The second-order valence-electron chi connectivity index (χ2n) is 5.32. The Morgan fingerprint density at radius 1 is 0.667 bits per heavy atom. The summed E-state index contributed by atoms with van der Waals surface area (Å²) in [7, 11) is 8.77. The lowest BCUT2D eigenvalue weighted by atomic mass is 10.1. The minimum atomic E-state index is 0.736. The molecule has 0 aromatic heterocycles. The molecular weight excluding hydrogens is 188 g/mol. The third kappa shape index (κ3) is 4.93. The van der Waals surface area contributed by atoms with E-state index in [0.717, 1.165) is 25.9 Å². The van der Waals surface area contributed by atoms with Crippen LogP contribution in [0.5, 0.6) is 0 Å². The largest absolute Gasteiger partial charge is 0.293 e. The van der Waals surface area contributed by atoms with Crippen LogP contribution in [0.4, 0.5) is 0 Å². The Bertz CT molecular complexity index is 129. The molecule has 1 heterocycles. The Balaban J connectivity index is 2.55. The van der Waals surface area contributed by atoms with E-state index in [2.05, 4.69) is 54.7 Å². The number of nitrogens with zero attached hydrogens (tertiary/aromatic N) is 4. The first-order chi connectivity index (χ1) is 6.97. The van der Waals surface area contributed by atoms with Crippen molar-refractivity contribution in [3.05, 3.63) is 0 Å². The molecule has 1 rings (SSSR count). The zero-order valence-corrected chi connectivity index (χ0v) is 10.9. The maximum absolute atomic E-state index is 2.40. The second kappa shape index (κ2) is 5.80. The van der Waals surface area contributed by atoms with E-state index in [1.807, 2.05) is 0 Å². The average molecular weight is 214 g/mol. The highest BCUT2D eigenvalue weighted by molar-refractivity contribution is 4.65. The first-order valence-corrected chi connectivity index (χ1v) is 5.71. The van der Waals surface area contributed by atoms with Crippen molar-refractivity contribution in [3.63, 3.8) is 0 Å². The van der Waals surface area contributed by atoms with Crippen LogP contribution in [-0.4, -0.2) is 80.9 Å². The lowest BCUT2D eigenvalue weighted by Crippen LogP contribution is -2.47. The lowest BCUT2D eigenvalue weighted by Gasteiger charge is -2.35. The van der Waals surface area contributed by atoms with E-state index < -0.39 is 0 Å². The van der Waals surface area contributed by atoms with E-state index in [1.165, 1.54) is 13.1 Å². The van der Waals surface area contributed by atoms with E-state index in [0.29, 0.717) is 0 Å². The summed E-state index contributed by atoms with van der Waals surface area (Å²) in [6.07, 6.45) is 0. The topological polar surface area (TPSA) is 13.0 Å². The van der Waals surface area contributed by atoms with Gasteiger partial charge >= 0.3 is 0 Å². The lowest BCUT2D eigenvalue weighted by molar-refractivity contribution is 0.0546. The molecule has 0 unspecified atom stereocenters. The second-order valence-corrected chi connectivity index (χ2v) is 5.32. The molecule has 4 nitrogen and oxygen atoms in total. The molecule has 1 aliphatic heterocycles. The highest BCUT2D eigenvalue weighted by atomic mass is 15.4. The van der Waals surface area contributed by atoms with Crippen molar-refractivity contribution in [3.8, 4) is 0 Å². The molecular formula is C11H26N4. The van der Waals surface area contributed by atoms with Gasteiger partial charge in [0.15, 0.2) is 0 Å². The third-order valence-corrected chi connectivity index (χ3v) is 2.70. The van der Waals surface area contributed by atoms with Gasteiger partial charge in [0, 0.05) is 13.1 Å².